The van der Waals surface area contributed by atoms with E-state index in [1.165, 1.54) is 16.7 Å². The van der Waals surface area contributed by atoms with Gasteiger partial charge in [0.2, 0.25) is 0 Å². The van der Waals surface area contributed by atoms with Gasteiger partial charge >= 0.3 is 0 Å². The molecule has 4 rings (SSSR count). The van der Waals surface area contributed by atoms with Gasteiger partial charge in [0.1, 0.15) is 11.3 Å². The molecule has 2 atom stereocenters. The molecule has 6 heteroatoms. The molecule has 2 unspecified atom stereocenters. The Morgan fingerprint density at radius 2 is 1.83 bits per heavy atom. The van der Waals surface area contributed by atoms with Crippen molar-refractivity contribution >= 4 is 17.0 Å². The van der Waals surface area contributed by atoms with Crippen molar-refractivity contribution < 1.29 is 0 Å². The van der Waals surface area contributed by atoms with Gasteiger partial charge in [-0.15, -0.1) is 5.10 Å². The van der Waals surface area contributed by atoms with E-state index in [4.69, 9.17) is 5.73 Å². The third kappa shape index (κ3) is 6.31. The van der Waals surface area contributed by atoms with E-state index in [9.17, 15) is 0 Å². The van der Waals surface area contributed by atoms with Crippen molar-refractivity contribution in [2.45, 2.75) is 31.7 Å². The van der Waals surface area contributed by atoms with Crippen LogP contribution in [0.2, 0.25) is 0 Å². The minimum Gasteiger partial charge on any atom is -0.384 e. The Hall–Kier alpha value is -4.03. The zero-order valence-corrected chi connectivity index (χ0v) is 20.1. The summed E-state index contributed by atoms with van der Waals surface area (Å²) < 4.78 is 0. The highest BCUT2D eigenvalue weighted by Crippen LogP contribution is 2.32. The minimum absolute atomic E-state index is 0.101. The van der Waals surface area contributed by atoms with Crippen LogP contribution < -0.4 is 11.1 Å². The summed E-state index contributed by atoms with van der Waals surface area (Å²) in [7, 11) is 0. The molecular weight excluding hydrogens is 432 g/mol. The predicted molar refractivity (Wildman–Crippen MR) is 144 cm³/mol. The number of aromatic amines is 1. The first kappa shape index (κ1) is 24.1. The number of nitrogens with one attached hydrogen (secondary N) is 2. The largest absolute Gasteiger partial charge is 0.384 e. The Morgan fingerprint density at radius 1 is 1.09 bits per heavy atom. The summed E-state index contributed by atoms with van der Waals surface area (Å²) in [5.41, 5.74) is 12.3. The lowest BCUT2D eigenvalue weighted by Crippen LogP contribution is -2.33. The summed E-state index contributed by atoms with van der Waals surface area (Å²) >= 11 is 0. The minimum atomic E-state index is 0.101. The second kappa shape index (κ2) is 11.9. The zero-order chi connectivity index (χ0) is 24.5. The molecule has 0 fully saturated rings. The highest BCUT2D eigenvalue weighted by molar-refractivity contribution is 5.77. The van der Waals surface area contributed by atoms with Crippen LogP contribution in [0.1, 0.15) is 36.0 Å². The van der Waals surface area contributed by atoms with Crippen molar-refractivity contribution in [3.63, 3.8) is 0 Å². The predicted octanol–water partition coefficient (Wildman–Crippen LogP) is 5.35. The Bertz CT molecular complexity index is 1290. The standard InChI is InChI=1S/C29H32N6/c1-3-4-7-12-21(2)26(19-22-13-8-5-9-14-22)31-18-17-24(23-15-10-6-11-16-23)25-20-27(30)32-29-28(25)33-35-34-29/h3-16,20,24,26,31H,1,17-19H2,2H3,(H3,30,32,33,34,35)/b7-4-,21-12+. The van der Waals surface area contributed by atoms with E-state index in [1.807, 2.05) is 24.3 Å². The Balaban J connectivity index is 1.58. The summed E-state index contributed by atoms with van der Waals surface area (Å²) in [6.45, 7) is 6.75. The molecule has 6 nitrogen and oxygen atoms in total. The summed E-state index contributed by atoms with van der Waals surface area (Å²) in [6, 6.07) is 23.2. The molecule has 0 aliphatic heterocycles. The number of rotatable bonds is 11. The summed E-state index contributed by atoms with van der Waals surface area (Å²) in [5, 5.41) is 14.9. The van der Waals surface area contributed by atoms with Gasteiger partial charge in [0.15, 0.2) is 5.65 Å². The van der Waals surface area contributed by atoms with Crippen molar-refractivity contribution in [3.8, 4) is 0 Å². The average Bonchev–Trinajstić information content (AvgIpc) is 3.35. The van der Waals surface area contributed by atoms with Crippen LogP contribution in [0.3, 0.4) is 0 Å². The van der Waals surface area contributed by atoms with Gasteiger partial charge in [-0.05, 0) is 49.1 Å². The number of nitrogens with two attached hydrogens (primary N) is 1. The number of pyridine rings is 1. The van der Waals surface area contributed by atoms with E-state index in [0.29, 0.717) is 11.5 Å². The second-order valence-corrected chi connectivity index (χ2v) is 8.63. The number of aromatic nitrogens is 4. The maximum Gasteiger partial charge on any atom is 0.178 e. The summed E-state index contributed by atoms with van der Waals surface area (Å²) in [5.74, 6) is 0.561. The molecule has 0 saturated carbocycles. The lowest BCUT2D eigenvalue weighted by molar-refractivity contribution is 0.536. The van der Waals surface area contributed by atoms with E-state index >= 15 is 0 Å². The number of hydrogen-bond donors (Lipinski definition) is 3. The molecule has 2 aromatic carbocycles. The number of allylic oxidation sites excluding steroid dienone is 4. The monoisotopic (exact) mass is 464 g/mol. The van der Waals surface area contributed by atoms with Gasteiger partial charge in [-0.3, -0.25) is 0 Å². The fraction of sp³-hybridized carbons (Fsp3) is 0.207. The van der Waals surface area contributed by atoms with Crippen molar-refractivity contribution in [1.29, 1.82) is 0 Å². The van der Waals surface area contributed by atoms with Gasteiger partial charge in [0.05, 0.1) is 0 Å². The van der Waals surface area contributed by atoms with Gasteiger partial charge in [0, 0.05) is 12.0 Å². The highest BCUT2D eigenvalue weighted by Gasteiger charge is 2.21. The van der Waals surface area contributed by atoms with Crippen LogP contribution in [-0.4, -0.2) is 33.0 Å². The van der Waals surface area contributed by atoms with Crippen LogP contribution in [0, 0.1) is 0 Å². The molecule has 2 heterocycles. The van der Waals surface area contributed by atoms with Gasteiger partial charge in [-0.25, -0.2) is 10.1 Å². The molecular formula is C29H32N6. The molecule has 0 spiro atoms. The maximum absolute atomic E-state index is 6.14. The SMILES string of the molecule is C=C/C=C\C=C(/C)C(Cc1ccccc1)NCCC(c1ccccc1)c1cc(N)nc2[nH]nnc12. The number of hydrogen-bond acceptors (Lipinski definition) is 5. The maximum atomic E-state index is 6.14. The molecule has 178 valence electrons. The first-order chi connectivity index (χ1) is 17.2. The van der Waals surface area contributed by atoms with E-state index in [2.05, 4.69) is 99.9 Å². The van der Waals surface area contributed by atoms with Gasteiger partial charge in [-0.2, -0.15) is 0 Å². The molecule has 0 amide bonds. The zero-order valence-electron chi connectivity index (χ0n) is 20.1. The molecule has 35 heavy (non-hydrogen) atoms. The third-order valence-corrected chi connectivity index (χ3v) is 6.19. The molecule has 0 bridgehead atoms. The quantitative estimate of drug-likeness (QED) is 0.260. The van der Waals surface area contributed by atoms with Crippen molar-refractivity contribution in [2.75, 3.05) is 12.3 Å². The van der Waals surface area contributed by atoms with Crippen LogP contribution in [0.4, 0.5) is 5.82 Å². The van der Waals surface area contributed by atoms with Crippen molar-refractivity contribution in [1.82, 2.24) is 25.7 Å². The van der Waals surface area contributed by atoms with Gasteiger partial charge in [0.25, 0.3) is 0 Å². The second-order valence-electron chi connectivity index (χ2n) is 8.63. The normalized spacial score (nSPS) is 13.8. The summed E-state index contributed by atoms with van der Waals surface area (Å²) in [4.78, 5) is 4.35. The van der Waals surface area contributed by atoms with Crippen LogP contribution in [0.5, 0.6) is 0 Å². The number of anilines is 1. The number of benzene rings is 2. The van der Waals surface area contributed by atoms with Gasteiger partial charge in [-0.1, -0.05) is 102 Å². The van der Waals surface area contributed by atoms with Crippen LogP contribution in [0.25, 0.3) is 11.2 Å². The van der Waals surface area contributed by atoms with Crippen LogP contribution in [-0.2, 0) is 6.42 Å². The molecule has 2 aromatic heterocycles. The first-order valence-electron chi connectivity index (χ1n) is 11.9. The highest BCUT2D eigenvalue weighted by atomic mass is 15.3. The van der Waals surface area contributed by atoms with Crippen molar-refractivity contribution in [2.24, 2.45) is 0 Å². The van der Waals surface area contributed by atoms with Gasteiger partial charge < -0.3 is 11.1 Å². The van der Waals surface area contributed by atoms with E-state index in [-0.39, 0.29) is 12.0 Å². The lowest BCUT2D eigenvalue weighted by Gasteiger charge is -2.23. The first-order valence-corrected chi connectivity index (χ1v) is 11.9. The molecule has 0 saturated heterocycles. The Labute approximate surface area is 206 Å². The molecule has 4 aromatic rings. The van der Waals surface area contributed by atoms with E-state index in [1.54, 1.807) is 6.08 Å². The molecule has 4 N–H and O–H groups in total. The van der Waals surface area contributed by atoms with Crippen molar-refractivity contribution in [3.05, 3.63) is 120 Å². The fourth-order valence-corrected chi connectivity index (χ4v) is 4.38. The lowest BCUT2D eigenvalue weighted by atomic mass is 9.88. The summed E-state index contributed by atoms with van der Waals surface area (Å²) in [6.07, 6.45) is 9.72. The molecule has 0 radical (unpaired) electrons. The Morgan fingerprint density at radius 3 is 2.57 bits per heavy atom. The van der Waals surface area contributed by atoms with E-state index < -0.39 is 0 Å². The smallest absolute Gasteiger partial charge is 0.178 e. The Kier molecular flexibility index (Phi) is 8.20. The van der Waals surface area contributed by atoms with Crippen LogP contribution in [0.15, 0.2) is 103 Å². The third-order valence-electron chi connectivity index (χ3n) is 6.19. The number of H-pyrrole nitrogens is 1. The number of fused-ring (bicyclic) bond motifs is 1. The molecule has 0 aliphatic carbocycles. The van der Waals surface area contributed by atoms with Crippen LogP contribution >= 0.6 is 0 Å². The fourth-order valence-electron chi connectivity index (χ4n) is 4.38. The number of nitrogens with zero attached hydrogens (tertiary/aromatic N) is 3. The topological polar surface area (TPSA) is 92.5 Å². The average molecular weight is 465 g/mol. The van der Waals surface area contributed by atoms with E-state index in [0.717, 1.165) is 30.5 Å². The number of nitrogen functional groups attached to an aromatic ring is 1. The molecule has 0 aliphatic rings.